The van der Waals surface area contributed by atoms with Crippen molar-refractivity contribution in [3.05, 3.63) is 122 Å². The highest BCUT2D eigenvalue weighted by atomic mass is 16.6. The summed E-state index contributed by atoms with van der Waals surface area (Å²) in [6.07, 6.45) is 77.2. The minimum Gasteiger partial charge on any atom is -0.462 e. The number of allylic oxidation sites excluding steroid dienone is 20. The van der Waals surface area contributed by atoms with Gasteiger partial charge in [0.15, 0.2) is 6.10 Å². The van der Waals surface area contributed by atoms with Crippen molar-refractivity contribution in [2.75, 3.05) is 13.2 Å². The van der Waals surface area contributed by atoms with E-state index in [-0.39, 0.29) is 25.2 Å². The SMILES string of the molecule is CC/C=C\C/C=C\C/C=C\C/C=C\C/C=C\C/C=C\C/C=C\C/C=C\C/C=C\C/C=C\CCCCCCC(=O)OC(CO)COC(=O)CCCCCCCCCCCCCCCC. The summed E-state index contributed by atoms with van der Waals surface area (Å²) in [4.78, 5) is 24.4. The molecule has 356 valence electrons. The van der Waals surface area contributed by atoms with E-state index in [9.17, 15) is 14.7 Å². The standard InChI is InChI=1S/C58H94O5/c1-3-5-7-9-11-13-15-17-19-20-21-22-23-24-25-26-27-28-29-30-31-32-33-34-35-36-37-38-39-41-43-45-47-49-51-53-58(61)63-56(54-59)55-62-57(60)52-50-48-46-44-42-40-18-16-14-12-10-8-6-4-2/h5,7,11,13,17,19,21-22,24-25,27-28,30-31,33-34,36-37,39,41,56,59H,3-4,6,8-10,12,14-16,18,20,23,26,29,32,35,38,40,42-55H2,1-2H3/b7-5-,13-11-,19-17-,22-21-,25-24-,28-27-,31-30-,34-33-,37-36-,41-39-. The fourth-order valence-corrected chi connectivity index (χ4v) is 6.70. The van der Waals surface area contributed by atoms with Gasteiger partial charge in [-0.2, -0.15) is 0 Å². The summed E-state index contributed by atoms with van der Waals surface area (Å²) in [7, 11) is 0. The molecular formula is C58H94O5. The number of aliphatic hydroxyl groups is 1. The lowest BCUT2D eigenvalue weighted by Crippen LogP contribution is -2.28. The van der Waals surface area contributed by atoms with Gasteiger partial charge in [-0.3, -0.25) is 9.59 Å². The topological polar surface area (TPSA) is 72.8 Å². The maximum Gasteiger partial charge on any atom is 0.306 e. The summed E-state index contributed by atoms with van der Waals surface area (Å²) in [6.45, 7) is 4.00. The summed E-state index contributed by atoms with van der Waals surface area (Å²) < 4.78 is 10.6. The van der Waals surface area contributed by atoms with E-state index in [1.54, 1.807) is 0 Å². The van der Waals surface area contributed by atoms with Crippen molar-refractivity contribution in [1.82, 2.24) is 0 Å². The first-order chi connectivity index (χ1) is 31.1. The Balaban J connectivity index is 3.67. The maximum absolute atomic E-state index is 12.2. The van der Waals surface area contributed by atoms with Crippen LogP contribution in [0.15, 0.2) is 122 Å². The molecule has 0 bridgehead atoms. The van der Waals surface area contributed by atoms with Gasteiger partial charge in [-0.25, -0.2) is 0 Å². The van der Waals surface area contributed by atoms with Gasteiger partial charge in [-0.15, -0.1) is 0 Å². The highest BCUT2D eigenvalue weighted by Gasteiger charge is 2.16. The molecule has 0 amide bonds. The Morgan fingerprint density at radius 3 is 1.03 bits per heavy atom. The Morgan fingerprint density at radius 1 is 0.381 bits per heavy atom. The normalized spacial score (nSPS) is 13.3. The lowest BCUT2D eigenvalue weighted by molar-refractivity contribution is -0.161. The van der Waals surface area contributed by atoms with E-state index < -0.39 is 6.10 Å². The van der Waals surface area contributed by atoms with Crippen LogP contribution in [0.25, 0.3) is 0 Å². The third-order valence-corrected chi connectivity index (χ3v) is 10.5. The highest BCUT2D eigenvalue weighted by molar-refractivity contribution is 5.70. The monoisotopic (exact) mass is 871 g/mol. The molecule has 1 atom stereocenters. The number of hydrogen-bond donors (Lipinski definition) is 1. The van der Waals surface area contributed by atoms with Gasteiger partial charge < -0.3 is 14.6 Å². The van der Waals surface area contributed by atoms with Gasteiger partial charge in [0.1, 0.15) is 6.61 Å². The van der Waals surface area contributed by atoms with Gasteiger partial charge in [0, 0.05) is 12.8 Å². The minimum absolute atomic E-state index is 0.0810. The van der Waals surface area contributed by atoms with Crippen LogP contribution in [0, 0.1) is 0 Å². The van der Waals surface area contributed by atoms with Crippen molar-refractivity contribution in [3.63, 3.8) is 0 Å². The van der Waals surface area contributed by atoms with Crippen LogP contribution in [-0.4, -0.2) is 36.4 Å². The number of aliphatic hydroxyl groups excluding tert-OH is 1. The molecule has 0 aromatic rings. The third-order valence-electron chi connectivity index (χ3n) is 10.5. The molecule has 0 aliphatic carbocycles. The Bertz CT molecular complexity index is 1310. The van der Waals surface area contributed by atoms with E-state index in [2.05, 4.69) is 135 Å². The Morgan fingerprint density at radius 2 is 0.683 bits per heavy atom. The number of rotatable bonds is 45. The number of carbonyl (C=O) groups is 2. The van der Waals surface area contributed by atoms with Crippen LogP contribution in [0.5, 0.6) is 0 Å². The predicted octanol–water partition coefficient (Wildman–Crippen LogP) is 17.1. The fourth-order valence-electron chi connectivity index (χ4n) is 6.70. The van der Waals surface area contributed by atoms with Crippen LogP contribution < -0.4 is 0 Å². The molecule has 0 fully saturated rings. The molecule has 5 heteroatoms. The first kappa shape index (κ1) is 59.3. The molecule has 0 aromatic carbocycles. The van der Waals surface area contributed by atoms with E-state index in [1.807, 2.05) is 0 Å². The van der Waals surface area contributed by atoms with Crippen LogP contribution in [0.3, 0.4) is 0 Å². The number of ether oxygens (including phenoxy) is 2. The average molecular weight is 871 g/mol. The molecule has 1 unspecified atom stereocenters. The molecule has 5 nitrogen and oxygen atoms in total. The molecule has 0 aromatic heterocycles. The van der Waals surface area contributed by atoms with Crippen molar-refractivity contribution >= 4 is 11.9 Å². The zero-order valence-electron chi connectivity index (χ0n) is 40.5. The third kappa shape index (κ3) is 50.8. The number of carbonyl (C=O) groups excluding carboxylic acids is 2. The van der Waals surface area contributed by atoms with Crippen LogP contribution in [0.4, 0.5) is 0 Å². The molecule has 0 spiro atoms. The average Bonchev–Trinajstić information content (AvgIpc) is 3.29. The van der Waals surface area contributed by atoms with Gasteiger partial charge in [-0.1, -0.05) is 232 Å². The molecule has 0 radical (unpaired) electrons. The molecule has 0 heterocycles. The lowest BCUT2D eigenvalue weighted by Gasteiger charge is -2.15. The molecule has 0 saturated heterocycles. The number of unbranched alkanes of at least 4 members (excludes halogenated alkanes) is 17. The summed E-state index contributed by atoms with van der Waals surface area (Å²) in [5, 5.41) is 9.60. The van der Waals surface area contributed by atoms with E-state index in [1.165, 1.54) is 70.6 Å². The largest absolute Gasteiger partial charge is 0.462 e. The molecule has 0 rings (SSSR count). The predicted molar refractivity (Wildman–Crippen MR) is 274 cm³/mol. The zero-order valence-corrected chi connectivity index (χ0v) is 40.5. The maximum atomic E-state index is 12.2. The van der Waals surface area contributed by atoms with Crippen LogP contribution in [0.2, 0.25) is 0 Å². The quantitative estimate of drug-likeness (QED) is 0.0375. The van der Waals surface area contributed by atoms with Crippen molar-refractivity contribution in [3.8, 4) is 0 Å². The summed E-state index contributed by atoms with van der Waals surface area (Å²) in [5.41, 5.74) is 0. The second kappa shape index (κ2) is 52.6. The zero-order chi connectivity index (χ0) is 45.6. The van der Waals surface area contributed by atoms with Gasteiger partial charge >= 0.3 is 11.9 Å². The van der Waals surface area contributed by atoms with E-state index in [0.29, 0.717) is 12.8 Å². The smallest absolute Gasteiger partial charge is 0.306 e. The lowest BCUT2D eigenvalue weighted by atomic mass is 10.0. The molecular weight excluding hydrogens is 777 g/mol. The highest BCUT2D eigenvalue weighted by Crippen LogP contribution is 2.14. The first-order valence-electron chi connectivity index (χ1n) is 25.6. The van der Waals surface area contributed by atoms with Crippen molar-refractivity contribution in [2.45, 2.75) is 219 Å². The van der Waals surface area contributed by atoms with Gasteiger partial charge in [-0.05, 0) is 89.9 Å². The van der Waals surface area contributed by atoms with Crippen LogP contribution >= 0.6 is 0 Å². The molecule has 0 aliphatic heterocycles. The number of esters is 2. The second-order valence-corrected chi connectivity index (χ2v) is 16.5. The van der Waals surface area contributed by atoms with Gasteiger partial charge in [0.05, 0.1) is 6.61 Å². The first-order valence-corrected chi connectivity index (χ1v) is 25.6. The molecule has 63 heavy (non-hydrogen) atoms. The minimum atomic E-state index is -0.791. The van der Waals surface area contributed by atoms with Crippen molar-refractivity contribution < 1.29 is 24.2 Å². The number of hydrogen-bond acceptors (Lipinski definition) is 5. The Hall–Kier alpha value is -3.70. The summed E-state index contributed by atoms with van der Waals surface area (Å²) in [5.74, 6) is -0.624. The Labute approximate surface area is 388 Å². The van der Waals surface area contributed by atoms with Gasteiger partial charge in [0.25, 0.3) is 0 Å². The summed E-state index contributed by atoms with van der Waals surface area (Å²) in [6, 6.07) is 0. The van der Waals surface area contributed by atoms with E-state index in [4.69, 9.17) is 9.47 Å². The fraction of sp³-hybridized carbons (Fsp3) is 0.621. The van der Waals surface area contributed by atoms with Crippen LogP contribution in [0.1, 0.15) is 213 Å². The van der Waals surface area contributed by atoms with E-state index in [0.717, 1.165) is 116 Å². The van der Waals surface area contributed by atoms with Crippen LogP contribution in [-0.2, 0) is 19.1 Å². The molecule has 0 aliphatic rings. The molecule has 1 N–H and O–H groups in total. The summed E-state index contributed by atoms with van der Waals surface area (Å²) >= 11 is 0. The molecule has 0 saturated carbocycles. The van der Waals surface area contributed by atoms with Gasteiger partial charge in [0.2, 0.25) is 0 Å². The second-order valence-electron chi connectivity index (χ2n) is 16.5. The van der Waals surface area contributed by atoms with Crippen molar-refractivity contribution in [2.24, 2.45) is 0 Å². The van der Waals surface area contributed by atoms with E-state index >= 15 is 0 Å². The van der Waals surface area contributed by atoms with Crippen molar-refractivity contribution in [1.29, 1.82) is 0 Å². The Kier molecular flexibility index (Phi) is 49.6.